The topological polar surface area (TPSA) is 12.0 Å². The second kappa shape index (κ2) is 5.57. The molecule has 3 rings (SSSR count). The number of fused-ring (bicyclic) bond motifs is 1. The number of benzene rings is 2. The summed E-state index contributed by atoms with van der Waals surface area (Å²) in [5.74, 6) is -1.48. The second-order valence-electron chi connectivity index (χ2n) is 5.58. The van der Waals surface area contributed by atoms with E-state index in [1.165, 1.54) is 5.56 Å². The first kappa shape index (κ1) is 14.2. The van der Waals surface area contributed by atoms with Gasteiger partial charge < -0.3 is 5.32 Å². The molecule has 0 heterocycles. The van der Waals surface area contributed by atoms with Crippen LogP contribution >= 0.6 is 0 Å². The van der Waals surface area contributed by atoms with Crippen molar-refractivity contribution in [2.24, 2.45) is 0 Å². The lowest BCUT2D eigenvalue weighted by atomic mass is 9.95. The zero-order chi connectivity index (χ0) is 15.0. The Hall–Kier alpha value is -1.74. The number of hydrogen-bond donors (Lipinski definition) is 1. The van der Waals surface area contributed by atoms with Crippen molar-refractivity contribution in [2.75, 3.05) is 6.54 Å². The van der Waals surface area contributed by atoms with Gasteiger partial charge in [0.05, 0.1) is 0 Å². The molecule has 1 N–H and O–H groups in total. The molecule has 0 aliphatic heterocycles. The Kier molecular flexibility index (Phi) is 3.77. The molecule has 0 aromatic heterocycles. The van der Waals surface area contributed by atoms with E-state index >= 15 is 0 Å². The zero-order valence-electron chi connectivity index (χ0n) is 12.3. The van der Waals surface area contributed by atoms with E-state index in [-0.39, 0.29) is 0 Å². The van der Waals surface area contributed by atoms with Crippen LogP contribution in [-0.4, -0.2) is 6.54 Å². The highest BCUT2D eigenvalue weighted by atomic mass is 19.2. The summed E-state index contributed by atoms with van der Waals surface area (Å²) in [6.45, 7) is 4.57. The monoisotopic (exact) mass is 287 g/mol. The van der Waals surface area contributed by atoms with Gasteiger partial charge in [-0.15, -0.1) is 0 Å². The van der Waals surface area contributed by atoms with E-state index in [2.05, 4.69) is 18.3 Å². The fourth-order valence-corrected chi connectivity index (χ4v) is 3.22. The summed E-state index contributed by atoms with van der Waals surface area (Å²) >= 11 is 0. The Morgan fingerprint density at radius 2 is 1.90 bits per heavy atom. The molecule has 3 heteroatoms. The van der Waals surface area contributed by atoms with E-state index in [4.69, 9.17) is 0 Å². The largest absolute Gasteiger partial charge is 0.310 e. The van der Waals surface area contributed by atoms with Crippen molar-refractivity contribution in [2.45, 2.75) is 32.7 Å². The van der Waals surface area contributed by atoms with E-state index in [9.17, 15) is 8.78 Å². The molecule has 0 saturated carbocycles. The molecule has 110 valence electrons. The minimum Gasteiger partial charge on any atom is -0.310 e. The minimum atomic E-state index is -0.744. The Morgan fingerprint density at radius 3 is 2.67 bits per heavy atom. The summed E-state index contributed by atoms with van der Waals surface area (Å²) in [4.78, 5) is 0. The number of nitrogens with one attached hydrogen (secondary N) is 1. The molecule has 1 aliphatic rings. The summed E-state index contributed by atoms with van der Waals surface area (Å²) in [5.41, 5.74) is 3.89. The summed E-state index contributed by atoms with van der Waals surface area (Å²) in [5, 5.41) is 3.45. The first-order valence-corrected chi connectivity index (χ1v) is 7.43. The Labute approximate surface area is 124 Å². The quantitative estimate of drug-likeness (QED) is 0.874. The molecular weight excluding hydrogens is 268 g/mol. The van der Waals surface area contributed by atoms with Crippen LogP contribution in [0.5, 0.6) is 0 Å². The Balaban J connectivity index is 2.12. The van der Waals surface area contributed by atoms with Gasteiger partial charge in [-0.05, 0) is 48.6 Å². The molecule has 0 saturated heterocycles. The molecule has 0 bridgehead atoms. The minimum absolute atomic E-state index is 0.323. The van der Waals surface area contributed by atoms with Gasteiger partial charge in [0, 0.05) is 11.6 Å². The SMILES string of the molecule is CCNC1CCc2c(-c3ccc(C)c(F)c3F)cccc21. The first-order chi connectivity index (χ1) is 10.1. The van der Waals surface area contributed by atoms with Crippen molar-refractivity contribution in [3.8, 4) is 11.1 Å². The van der Waals surface area contributed by atoms with Crippen molar-refractivity contribution in [3.63, 3.8) is 0 Å². The van der Waals surface area contributed by atoms with E-state index in [0.29, 0.717) is 17.2 Å². The second-order valence-corrected chi connectivity index (χ2v) is 5.58. The van der Waals surface area contributed by atoms with Gasteiger partial charge in [0.1, 0.15) is 0 Å². The van der Waals surface area contributed by atoms with Crippen LogP contribution in [0, 0.1) is 18.6 Å². The number of rotatable bonds is 3. The van der Waals surface area contributed by atoms with Gasteiger partial charge in [0.25, 0.3) is 0 Å². The average Bonchev–Trinajstić information content (AvgIpc) is 2.89. The molecule has 21 heavy (non-hydrogen) atoms. The average molecular weight is 287 g/mol. The number of halogens is 2. The summed E-state index contributed by atoms with van der Waals surface area (Å²) < 4.78 is 28.1. The normalized spacial score (nSPS) is 17.0. The molecule has 1 unspecified atom stereocenters. The van der Waals surface area contributed by atoms with Crippen LogP contribution in [0.4, 0.5) is 8.78 Å². The molecule has 0 amide bonds. The fourth-order valence-electron chi connectivity index (χ4n) is 3.22. The van der Waals surface area contributed by atoms with Gasteiger partial charge >= 0.3 is 0 Å². The van der Waals surface area contributed by atoms with Crippen LogP contribution in [0.1, 0.15) is 36.1 Å². The maximum atomic E-state index is 14.3. The molecular formula is C18H19F2N. The molecule has 1 nitrogen and oxygen atoms in total. The molecule has 1 aliphatic carbocycles. The van der Waals surface area contributed by atoms with Crippen molar-refractivity contribution in [3.05, 3.63) is 58.7 Å². The molecule has 1 atom stereocenters. The van der Waals surface area contributed by atoms with Crippen molar-refractivity contribution >= 4 is 0 Å². The lowest BCUT2D eigenvalue weighted by Crippen LogP contribution is -2.18. The van der Waals surface area contributed by atoms with Crippen LogP contribution in [0.2, 0.25) is 0 Å². The van der Waals surface area contributed by atoms with Crippen LogP contribution < -0.4 is 5.32 Å². The lowest BCUT2D eigenvalue weighted by Gasteiger charge is -2.14. The van der Waals surface area contributed by atoms with Gasteiger partial charge in [-0.1, -0.05) is 37.3 Å². The maximum absolute atomic E-state index is 14.3. The van der Waals surface area contributed by atoms with E-state index in [1.807, 2.05) is 12.1 Å². The molecule has 0 spiro atoms. The molecule has 2 aromatic rings. The lowest BCUT2D eigenvalue weighted by molar-refractivity contribution is 0.505. The van der Waals surface area contributed by atoms with E-state index in [1.54, 1.807) is 19.1 Å². The third-order valence-corrected chi connectivity index (χ3v) is 4.29. The van der Waals surface area contributed by atoms with Gasteiger partial charge in [-0.2, -0.15) is 0 Å². The number of aryl methyl sites for hydroxylation is 1. The molecule has 0 fully saturated rings. The van der Waals surface area contributed by atoms with Crippen LogP contribution in [0.15, 0.2) is 30.3 Å². The smallest absolute Gasteiger partial charge is 0.166 e. The van der Waals surface area contributed by atoms with Crippen LogP contribution in [-0.2, 0) is 6.42 Å². The molecule has 2 aromatic carbocycles. The zero-order valence-corrected chi connectivity index (χ0v) is 12.3. The Morgan fingerprint density at radius 1 is 1.10 bits per heavy atom. The summed E-state index contributed by atoms with van der Waals surface area (Å²) in [6.07, 6.45) is 1.91. The third kappa shape index (κ3) is 2.36. The van der Waals surface area contributed by atoms with Gasteiger partial charge in [0.2, 0.25) is 0 Å². The predicted molar refractivity (Wildman–Crippen MR) is 81.3 cm³/mol. The van der Waals surface area contributed by atoms with Crippen molar-refractivity contribution in [1.82, 2.24) is 5.32 Å². The highest BCUT2D eigenvalue weighted by Crippen LogP contribution is 2.38. The maximum Gasteiger partial charge on any atom is 0.166 e. The molecule has 0 radical (unpaired) electrons. The van der Waals surface area contributed by atoms with E-state index < -0.39 is 11.6 Å². The van der Waals surface area contributed by atoms with Gasteiger partial charge in [-0.25, -0.2) is 8.78 Å². The van der Waals surface area contributed by atoms with Gasteiger partial charge in [-0.3, -0.25) is 0 Å². The van der Waals surface area contributed by atoms with Crippen molar-refractivity contribution in [1.29, 1.82) is 0 Å². The van der Waals surface area contributed by atoms with Crippen molar-refractivity contribution < 1.29 is 8.78 Å². The van der Waals surface area contributed by atoms with Gasteiger partial charge in [0.15, 0.2) is 11.6 Å². The summed E-state index contributed by atoms with van der Waals surface area (Å²) in [6, 6.07) is 9.56. The highest BCUT2D eigenvalue weighted by Gasteiger charge is 2.25. The third-order valence-electron chi connectivity index (χ3n) is 4.29. The fraction of sp³-hybridized carbons (Fsp3) is 0.333. The van der Waals surface area contributed by atoms with Crippen LogP contribution in [0.3, 0.4) is 0 Å². The highest BCUT2D eigenvalue weighted by molar-refractivity contribution is 5.71. The Bertz CT molecular complexity index is 679. The van der Waals surface area contributed by atoms with E-state index in [0.717, 1.165) is 30.5 Å². The number of hydrogen-bond acceptors (Lipinski definition) is 1. The first-order valence-electron chi connectivity index (χ1n) is 7.43. The summed E-state index contributed by atoms with van der Waals surface area (Å²) in [7, 11) is 0. The predicted octanol–water partition coefficient (Wildman–Crippen LogP) is 4.54. The standard InChI is InChI=1S/C18H19F2N/c1-3-21-16-10-9-13-12(5-4-6-14(13)16)15-8-7-11(2)17(19)18(15)20/h4-8,16,21H,3,9-10H2,1-2H3. The van der Waals surface area contributed by atoms with Crippen LogP contribution in [0.25, 0.3) is 11.1 Å².